The molecule has 3 N–H and O–H groups in total. The van der Waals surface area contributed by atoms with Crippen LogP contribution in [0.1, 0.15) is 24.6 Å². The van der Waals surface area contributed by atoms with Crippen LogP contribution in [-0.2, 0) is 6.18 Å². The summed E-state index contributed by atoms with van der Waals surface area (Å²) < 4.78 is 40.9. The van der Waals surface area contributed by atoms with Crippen LogP contribution in [0.3, 0.4) is 0 Å². The average molecular weight is 526 g/mol. The zero-order chi connectivity index (χ0) is 27.4. The number of para-hydroxylation sites is 1. The molecule has 200 valence electrons. The minimum absolute atomic E-state index is 0.000445. The molecule has 1 aromatic carbocycles. The molecule has 3 aromatic rings. The number of hydrogen-bond donors (Lipinski definition) is 2. The molecule has 2 aromatic heterocycles. The van der Waals surface area contributed by atoms with Gasteiger partial charge in [-0.2, -0.15) is 13.2 Å². The fraction of sp³-hybridized carbons (Fsp3) is 0.370. The first-order chi connectivity index (χ1) is 18.0. The van der Waals surface area contributed by atoms with Gasteiger partial charge in [0.25, 0.3) is 0 Å². The maximum atomic E-state index is 13.6. The molecule has 8 nitrogen and oxygen atoms in total. The Bertz CT molecular complexity index is 1350. The number of alkyl halides is 3. The van der Waals surface area contributed by atoms with E-state index < -0.39 is 11.7 Å². The quantitative estimate of drug-likeness (QED) is 0.496. The number of nitrogens with zero attached hydrogens (tertiary/aromatic N) is 6. The topological polar surface area (TPSA) is 94.6 Å². The van der Waals surface area contributed by atoms with Gasteiger partial charge in [-0.3, -0.25) is 4.90 Å². The van der Waals surface area contributed by atoms with Crippen molar-refractivity contribution >= 4 is 17.3 Å². The minimum atomic E-state index is -4.55. The highest BCUT2D eigenvalue weighted by molar-refractivity contribution is 5.74. The molecule has 1 saturated heterocycles. The van der Waals surface area contributed by atoms with Crippen molar-refractivity contribution in [3.05, 3.63) is 53.7 Å². The van der Waals surface area contributed by atoms with Crippen molar-refractivity contribution in [1.82, 2.24) is 20.1 Å². The molecule has 0 aliphatic carbocycles. The lowest BCUT2D eigenvalue weighted by Gasteiger charge is -2.28. The number of aromatic nitrogens is 3. The molecule has 1 aliphatic heterocycles. The third-order valence-electron chi connectivity index (χ3n) is 6.36. The number of pyridine rings is 1. The molecule has 0 radical (unpaired) electrons. The first kappa shape index (κ1) is 27.0. The summed E-state index contributed by atoms with van der Waals surface area (Å²) in [4.78, 5) is 10.2. The molecule has 11 heteroatoms. The molecular formula is C27H30F3N7O. The number of rotatable bonds is 4. The molecule has 0 saturated carbocycles. The van der Waals surface area contributed by atoms with Crippen molar-refractivity contribution < 1.29 is 18.3 Å². The van der Waals surface area contributed by atoms with Gasteiger partial charge in [0.15, 0.2) is 5.82 Å². The summed E-state index contributed by atoms with van der Waals surface area (Å²) in [5, 5.41) is 18.5. The number of phenols is 1. The van der Waals surface area contributed by atoms with Crippen LogP contribution >= 0.6 is 0 Å². The molecule has 1 fully saturated rings. The van der Waals surface area contributed by atoms with Crippen LogP contribution in [0.2, 0.25) is 0 Å². The van der Waals surface area contributed by atoms with Crippen molar-refractivity contribution in [3.8, 4) is 28.8 Å². The Morgan fingerprint density at radius 2 is 1.87 bits per heavy atom. The molecule has 0 amide bonds. The van der Waals surface area contributed by atoms with E-state index in [1.54, 1.807) is 49.3 Å². The van der Waals surface area contributed by atoms with E-state index in [0.717, 1.165) is 6.07 Å². The third-order valence-corrected chi connectivity index (χ3v) is 6.36. The third kappa shape index (κ3) is 6.08. The summed E-state index contributed by atoms with van der Waals surface area (Å²) in [7, 11) is 3.59. The van der Waals surface area contributed by atoms with Gasteiger partial charge < -0.3 is 20.6 Å². The molecule has 1 aliphatic rings. The molecule has 4 rings (SSSR count). The van der Waals surface area contributed by atoms with Gasteiger partial charge in [0, 0.05) is 31.2 Å². The Morgan fingerprint density at radius 3 is 2.58 bits per heavy atom. The smallest absolute Gasteiger partial charge is 0.419 e. The summed E-state index contributed by atoms with van der Waals surface area (Å²) in [5.41, 5.74) is 6.78. The van der Waals surface area contributed by atoms with E-state index in [4.69, 9.17) is 5.73 Å². The Hall–Kier alpha value is -4.04. The second-order valence-corrected chi connectivity index (χ2v) is 9.44. The van der Waals surface area contributed by atoms with Gasteiger partial charge in [0.05, 0.1) is 23.5 Å². The van der Waals surface area contributed by atoms with Crippen LogP contribution < -0.4 is 15.5 Å². The normalized spacial score (nSPS) is 16.2. The Kier molecular flexibility index (Phi) is 7.92. The summed E-state index contributed by atoms with van der Waals surface area (Å²) in [5.74, 6) is 6.18. The molecule has 0 bridgehead atoms. The highest BCUT2D eigenvalue weighted by atomic mass is 19.4. The van der Waals surface area contributed by atoms with Crippen LogP contribution in [0.4, 0.5) is 30.5 Å². The summed E-state index contributed by atoms with van der Waals surface area (Å²) in [6, 6.07) is 11.1. The molecular weight excluding hydrogens is 495 g/mol. The van der Waals surface area contributed by atoms with Crippen LogP contribution in [0.15, 0.2) is 42.5 Å². The lowest BCUT2D eigenvalue weighted by Crippen LogP contribution is -2.35. The van der Waals surface area contributed by atoms with Crippen LogP contribution in [0, 0.1) is 11.8 Å². The SMILES string of the molecule is CC1CCN(c2cc(-c3ccccc3O)nnc2N)CCN1c1ccc(C(F)(F)F)c(C#CCN(C)C)n1. The van der Waals surface area contributed by atoms with Crippen molar-refractivity contribution in [1.29, 1.82) is 0 Å². The lowest BCUT2D eigenvalue weighted by atomic mass is 10.1. The van der Waals surface area contributed by atoms with E-state index in [2.05, 4.69) is 31.9 Å². The highest BCUT2D eigenvalue weighted by Gasteiger charge is 2.35. The number of phenolic OH excluding ortho intramolecular Hbond substituents is 1. The van der Waals surface area contributed by atoms with E-state index >= 15 is 0 Å². The second-order valence-electron chi connectivity index (χ2n) is 9.44. The van der Waals surface area contributed by atoms with Gasteiger partial charge >= 0.3 is 6.18 Å². The van der Waals surface area contributed by atoms with Crippen molar-refractivity contribution in [2.45, 2.75) is 25.6 Å². The molecule has 3 heterocycles. The van der Waals surface area contributed by atoms with Gasteiger partial charge in [0.2, 0.25) is 0 Å². The van der Waals surface area contributed by atoms with Crippen molar-refractivity contribution in [2.24, 2.45) is 0 Å². The van der Waals surface area contributed by atoms with Crippen molar-refractivity contribution in [2.75, 3.05) is 55.8 Å². The summed E-state index contributed by atoms with van der Waals surface area (Å²) >= 11 is 0. The van der Waals surface area contributed by atoms with E-state index in [0.29, 0.717) is 55.4 Å². The largest absolute Gasteiger partial charge is 0.507 e. The van der Waals surface area contributed by atoms with Crippen LogP contribution in [-0.4, -0.2) is 71.5 Å². The van der Waals surface area contributed by atoms with Gasteiger partial charge in [0.1, 0.15) is 17.3 Å². The zero-order valence-electron chi connectivity index (χ0n) is 21.5. The van der Waals surface area contributed by atoms with E-state index in [-0.39, 0.29) is 23.3 Å². The van der Waals surface area contributed by atoms with Gasteiger partial charge in [-0.1, -0.05) is 18.1 Å². The first-order valence-electron chi connectivity index (χ1n) is 12.2. The number of hydrogen-bond acceptors (Lipinski definition) is 8. The average Bonchev–Trinajstić information content (AvgIpc) is 3.05. The van der Waals surface area contributed by atoms with Crippen molar-refractivity contribution in [3.63, 3.8) is 0 Å². The number of halogens is 3. The Morgan fingerprint density at radius 1 is 1.11 bits per heavy atom. The number of aromatic hydroxyl groups is 1. The van der Waals surface area contributed by atoms with Crippen LogP contribution in [0.25, 0.3) is 11.3 Å². The Balaban J connectivity index is 1.61. The summed E-state index contributed by atoms with van der Waals surface area (Å²) in [6.07, 6.45) is -3.84. The minimum Gasteiger partial charge on any atom is -0.507 e. The van der Waals surface area contributed by atoms with Gasteiger partial charge in [-0.25, -0.2) is 4.98 Å². The number of nitrogen functional groups attached to an aromatic ring is 1. The zero-order valence-corrected chi connectivity index (χ0v) is 21.5. The molecule has 0 spiro atoms. The second kappa shape index (κ2) is 11.1. The summed E-state index contributed by atoms with van der Waals surface area (Å²) in [6.45, 7) is 4.01. The number of benzene rings is 1. The standard InChI is InChI=1S/C27H30F3N7O/c1-18-12-14-36(23-17-22(33-34-26(23)31)19-7-4-5-9-24(19)38)15-16-37(18)25-11-10-20(27(28,29)30)21(32-25)8-6-13-35(2)3/h4-5,7,9-11,17-18,38H,12-16H2,1-3H3,(H2,31,34). The maximum absolute atomic E-state index is 13.6. The predicted molar refractivity (Wildman–Crippen MR) is 142 cm³/mol. The van der Waals surface area contributed by atoms with E-state index in [1.165, 1.54) is 6.07 Å². The van der Waals surface area contributed by atoms with Gasteiger partial charge in [-0.15, -0.1) is 10.2 Å². The number of anilines is 3. The van der Waals surface area contributed by atoms with E-state index in [9.17, 15) is 18.3 Å². The lowest BCUT2D eigenvalue weighted by molar-refractivity contribution is -0.138. The van der Waals surface area contributed by atoms with Crippen LogP contribution in [0.5, 0.6) is 5.75 Å². The fourth-order valence-corrected chi connectivity index (χ4v) is 4.32. The predicted octanol–water partition coefficient (Wildman–Crippen LogP) is 3.86. The van der Waals surface area contributed by atoms with Gasteiger partial charge in [-0.05, 0) is 63.7 Å². The first-order valence-corrected chi connectivity index (χ1v) is 12.2. The maximum Gasteiger partial charge on any atom is 0.419 e. The molecule has 1 unspecified atom stereocenters. The number of nitrogens with two attached hydrogens (primary N) is 1. The molecule has 1 atom stereocenters. The molecule has 38 heavy (non-hydrogen) atoms. The monoisotopic (exact) mass is 525 g/mol. The fourth-order valence-electron chi connectivity index (χ4n) is 4.32. The van der Waals surface area contributed by atoms with E-state index in [1.807, 2.05) is 11.8 Å². The Labute approximate surface area is 219 Å². The highest BCUT2D eigenvalue weighted by Crippen LogP contribution is 2.34.